The van der Waals surface area contributed by atoms with Gasteiger partial charge in [-0.15, -0.1) is 0 Å². The largest absolute Gasteiger partial charge is 0.345 e. The Morgan fingerprint density at radius 2 is 2.16 bits per heavy atom. The maximum atomic E-state index is 4.56. The van der Waals surface area contributed by atoms with Crippen LogP contribution < -0.4 is 0 Å². The quantitative estimate of drug-likeness (QED) is 0.564. The molecule has 0 aliphatic carbocycles. The second-order valence-electron chi connectivity index (χ2n) is 4.56. The molecule has 0 unspecified atom stereocenters. The topological polar surface area (TPSA) is 58.9 Å². The Balaban J connectivity index is 2.00. The van der Waals surface area contributed by atoms with E-state index >= 15 is 0 Å². The van der Waals surface area contributed by atoms with Gasteiger partial charge in [-0.05, 0) is 30.7 Å². The van der Waals surface area contributed by atoms with E-state index in [4.69, 9.17) is 0 Å². The van der Waals surface area contributed by atoms with Crippen molar-refractivity contribution >= 4 is 16.7 Å². The molecule has 5 heteroatoms. The molecule has 0 aromatic carbocycles. The summed E-state index contributed by atoms with van der Waals surface area (Å²) in [6.07, 6.45) is 7.39. The molecule has 4 heterocycles. The van der Waals surface area contributed by atoms with E-state index in [1.54, 1.807) is 10.7 Å². The highest BCUT2D eigenvalue weighted by Gasteiger charge is 2.09. The maximum Gasteiger partial charge on any atom is 0.153 e. The number of aromatic nitrogens is 5. The molecule has 0 fully saturated rings. The highest BCUT2D eigenvalue weighted by Crippen LogP contribution is 2.26. The van der Waals surface area contributed by atoms with Crippen LogP contribution in [0, 0.1) is 6.92 Å². The summed E-state index contributed by atoms with van der Waals surface area (Å²) >= 11 is 0. The van der Waals surface area contributed by atoms with E-state index in [-0.39, 0.29) is 0 Å². The molecule has 4 aromatic rings. The summed E-state index contributed by atoms with van der Waals surface area (Å²) in [6, 6.07) is 6.06. The fourth-order valence-corrected chi connectivity index (χ4v) is 2.28. The molecule has 0 saturated heterocycles. The Kier molecular flexibility index (Phi) is 1.97. The molecule has 0 aliphatic heterocycles. The zero-order valence-electron chi connectivity index (χ0n) is 10.3. The lowest BCUT2D eigenvalue weighted by Gasteiger charge is -2.00. The van der Waals surface area contributed by atoms with Gasteiger partial charge in [0.1, 0.15) is 5.65 Å². The minimum Gasteiger partial charge on any atom is -0.345 e. The van der Waals surface area contributed by atoms with Crippen molar-refractivity contribution in [3.05, 3.63) is 48.5 Å². The number of nitrogens with one attached hydrogen (secondary N) is 1. The van der Waals surface area contributed by atoms with E-state index < -0.39 is 0 Å². The van der Waals surface area contributed by atoms with Gasteiger partial charge in [0, 0.05) is 35.7 Å². The molecular formula is C14H11N5. The standard InChI is InChI=1S/C14H11N5/c1-9-6-10-11(8-17-14(10)16-7-9)12-2-3-13-15-4-5-19(13)18-12/h2-8H,1H3,(H,16,17). The Morgan fingerprint density at radius 3 is 3.11 bits per heavy atom. The van der Waals surface area contributed by atoms with Crippen LogP contribution in [0.4, 0.5) is 0 Å². The maximum absolute atomic E-state index is 4.56. The predicted molar refractivity (Wildman–Crippen MR) is 72.8 cm³/mol. The van der Waals surface area contributed by atoms with E-state index in [1.807, 2.05) is 37.6 Å². The average Bonchev–Trinajstić information content (AvgIpc) is 3.03. The van der Waals surface area contributed by atoms with E-state index in [0.29, 0.717) is 0 Å². The van der Waals surface area contributed by atoms with Gasteiger partial charge in [-0.25, -0.2) is 14.5 Å². The van der Waals surface area contributed by atoms with Crippen molar-refractivity contribution < 1.29 is 0 Å². The zero-order chi connectivity index (χ0) is 12.8. The number of aryl methyl sites for hydroxylation is 1. The number of H-pyrrole nitrogens is 1. The molecule has 0 radical (unpaired) electrons. The molecule has 1 N–H and O–H groups in total. The summed E-state index contributed by atoms with van der Waals surface area (Å²) in [7, 11) is 0. The van der Waals surface area contributed by atoms with Crippen molar-refractivity contribution in [3.8, 4) is 11.3 Å². The van der Waals surface area contributed by atoms with E-state index in [9.17, 15) is 0 Å². The minimum atomic E-state index is 0.845. The van der Waals surface area contributed by atoms with E-state index in [0.717, 1.165) is 33.5 Å². The third-order valence-corrected chi connectivity index (χ3v) is 3.20. The SMILES string of the molecule is Cc1cnc2[nH]cc(-c3ccc4nccn4n3)c2c1. The van der Waals surface area contributed by atoms with Crippen molar-refractivity contribution in [2.45, 2.75) is 6.92 Å². The first-order valence-electron chi connectivity index (χ1n) is 6.06. The van der Waals surface area contributed by atoms with Gasteiger partial charge in [-0.3, -0.25) is 0 Å². The van der Waals surface area contributed by atoms with Crippen LogP contribution in [0.2, 0.25) is 0 Å². The summed E-state index contributed by atoms with van der Waals surface area (Å²) in [6.45, 7) is 2.04. The first-order chi connectivity index (χ1) is 9.31. The number of imidazole rings is 1. The second-order valence-corrected chi connectivity index (χ2v) is 4.56. The van der Waals surface area contributed by atoms with Gasteiger partial charge in [0.2, 0.25) is 0 Å². The third kappa shape index (κ3) is 1.52. The molecule has 0 bridgehead atoms. The molecule has 5 nitrogen and oxygen atoms in total. The van der Waals surface area contributed by atoms with Crippen molar-refractivity contribution in [2.75, 3.05) is 0 Å². The van der Waals surface area contributed by atoms with Gasteiger partial charge >= 0.3 is 0 Å². The van der Waals surface area contributed by atoms with Gasteiger partial charge in [-0.2, -0.15) is 5.10 Å². The van der Waals surface area contributed by atoms with Gasteiger partial charge in [0.05, 0.1) is 5.69 Å². The zero-order valence-corrected chi connectivity index (χ0v) is 10.3. The van der Waals surface area contributed by atoms with Crippen molar-refractivity contribution in [3.63, 3.8) is 0 Å². The molecular weight excluding hydrogens is 238 g/mol. The first kappa shape index (κ1) is 10.3. The Hall–Kier alpha value is -2.69. The lowest BCUT2D eigenvalue weighted by Crippen LogP contribution is -1.92. The van der Waals surface area contributed by atoms with E-state index in [1.165, 1.54) is 0 Å². The normalized spacial score (nSPS) is 11.4. The molecule has 4 rings (SSSR count). The van der Waals surface area contributed by atoms with Crippen molar-refractivity contribution in [2.24, 2.45) is 0 Å². The van der Waals surface area contributed by atoms with Crippen molar-refractivity contribution in [1.29, 1.82) is 0 Å². The number of fused-ring (bicyclic) bond motifs is 2. The minimum absolute atomic E-state index is 0.845. The van der Waals surface area contributed by atoms with Gasteiger partial charge in [-0.1, -0.05) is 0 Å². The summed E-state index contributed by atoms with van der Waals surface area (Å²) in [4.78, 5) is 11.8. The van der Waals surface area contributed by atoms with Gasteiger partial charge in [0.15, 0.2) is 5.65 Å². The highest BCUT2D eigenvalue weighted by atomic mass is 15.2. The monoisotopic (exact) mass is 249 g/mol. The summed E-state index contributed by atoms with van der Waals surface area (Å²) < 4.78 is 1.78. The first-order valence-corrected chi connectivity index (χ1v) is 6.06. The van der Waals surface area contributed by atoms with Crippen molar-refractivity contribution in [1.82, 2.24) is 24.6 Å². The Labute approximate surface area is 108 Å². The van der Waals surface area contributed by atoms with Crippen LogP contribution >= 0.6 is 0 Å². The third-order valence-electron chi connectivity index (χ3n) is 3.20. The van der Waals surface area contributed by atoms with Crippen LogP contribution in [0.1, 0.15) is 5.56 Å². The number of rotatable bonds is 1. The fraction of sp³-hybridized carbons (Fsp3) is 0.0714. The predicted octanol–water partition coefficient (Wildman–Crippen LogP) is 2.58. The summed E-state index contributed by atoms with van der Waals surface area (Å²) in [5, 5.41) is 5.65. The molecule has 0 atom stereocenters. The van der Waals surface area contributed by atoms with E-state index in [2.05, 4.69) is 26.1 Å². The van der Waals surface area contributed by atoms with Gasteiger partial charge < -0.3 is 4.98 Å². The number of aromatic amines is 1. The lowest BCUT2D eigenvalue weighted by molar-refractivity contribution is 0.943. The lowest BCUT2D eigenvalue weighted by atomic mass is 10.1. The van der Waals surface area contributed by atoms with Crippen LogP contribution in [-0.4, -0.2) is 24.6 Å². The van der Waals surface area contributed by atoms with Crippen LogP contribution in [0.5, 0.6) is 0 Å². The Bertz CT molecular complexity index is 887. The number of pyridine rings is 1. The number of hydrogen-bond donors (Lipinski definition) is 1. The number of nitrogens with zero attached hydrogens (tertiary/aromatic N) is 4. The molecule has 0 saturated carbocycles. The van der Waals surface area contributed by atoms with Crippen LogP contribution in [0.15, 0.2) is 43.0 Å². The van der Waals surface area contributed by atoms with Gasteiger partial charge in [0.25, 0.3) is 0 Å². The average molecular weight is 249 g/mol. The molecule has 0 spiro atoms. The smallest absolute Gasteiger partial charge is 0.153 e. The summed E-state index contributed by atoms with van der Waals surface area (Å²) in [5.74, 6) is 0. The fourth-order valence-electron chi connectivity index (χ4n) is 2.28. The molecule has 92 valence electrons. The Morgan fingerprint density at radius 1 is 1.21 bits per heavy atom. The molecule has 0 aliphatic rings. The molecule has 19 heavy (non-hydrogen) atoms. The van der Waals surface area contributed by atoms with Crippen LogP contribution in [0.3, 0.4) is 0 Å². The molecule has 4 aromatic heterocycles. The second kappa shape index (κ2) is 3.65. The summed E-state index contributed by atoms with van der Waals surface area (Å²) in [5.41, 5.74) is 4.83. The molecule has 0 amide bonds. The highest BCUT2D eigenvalue weighted by molar-refractivity contribution is 5.92. The number of hydrogen-bond acceptors (Lipinski definition) is 3. The van der Waals surface area contributed by atoms with Crippen LogP contribution in [0.25, 0.3) is 27.9 Å². The van der Waals surface area contributed by atoms with Crippen LogP contribution in [-0.2, 0) is 0 Å².